The van der Waals surface area contributed by atoms with Gasteiger partial charge in [0, 0.05) is 24.3 Å². The van der Waals surface area contributed by atoms with Crippen LogP contribution in [0.25, 0.3) is 0 Å². The quantitative estimate of drug-likeness (QED) is 0.737. The van der Waals surface area contributed by atoms with Gasteiger partial charge in [0.25, 0.3) is 0 Å². The molecular weight excluding hydrogens is 284 g/mol. The smallest absolute Gasteiger partial charge is 0.128 e. The summed E-state index contributed by atoms with van der Waals surface area (Å²) in [6.07, 6.45) is 0.841. The van der Waals surface area contributed by atoms with Crippen LogP contribution in [0.2, 0.25) is 10.0 Å². The lowest BCUT2D eigenvalue weighted by Crippen LogP contribution is -2.31. The second-order valence-electron chi connectivity index (χ2n) is 4.65. The maximum Gasteiger partial charge on any atom is 0.128 e. The predicted octanol–water partition coefficient (Wildman–Crippen LogP) is 4.70. The van der Waals surface area contributed by atoms with Gasteiger partial charge in [-0.15, -0.1) is 0 Å². The van der Waals surface area contributed by atoms with Crippen molar-refractivity contribution in [2.75, 3.05) is 11.4 Å². The molecule has 19 heavy (non-hydrogen) atoms. The fourth-order valence-corrected chi connectivity index (χ4v) is 2.73. The lowest BCUT2D eigenvalue weighted by molar-refractivity contribution is 0.588. The molecule has 0 unspecified atom stereocenters. The van der Waals surface area contributed by atoms with Crippen LogP contribution >= 0.6 is 23.2 Å². The Labute approximate surface area is 121 Å². The lowest BCUT2D eigenvalue weighted by atomic mass is 9.99. The third-order valence-electron chi connectivity index (χ3n) is 3.48. The average Bonchev–Trinajstić information content (AvgIpc) is 2.42. The molecule has 1 aliphatic rings. The largest absolute Gasteiger partial charge is 0.367 e. The van der Waals surface area contributed by atoms with Crippen LogP contribution in [-0.2, 0) is 13.0 Å². The van der Waals surface area contributed by atoms with E-state index in [1.54, 1.807) is 12.1 Å². The van der Waals surface area contributed by atoms with E-state index in [0.29, 0.717) is 16.6 Å². The van der Waals surface area contributed by atoms with Gasteiger partial charge in [0.1, 0.15) is 5.82 Å². The second kappa shape index (κ2) is 5.03. The van der Waals surface area contributed by atoms with E-state index in [4.69, 9.17) is 23.2 Å². The van der Waals surface area contributed by atoms with Gasteiger partial charge in [0.2, 0.25) is 0 Å². The van der Waals surface area contributed by atoms with Crippen LogP contribution in [0.3, 0.4) is 0 Å². The summed E-state index contributed by atoms with van der Waals surface area (Å²) in [4.78, 5) is 2.12. The first-order valence-electron chi connectivity index (χ1n) is 6.11. The highest BCUT2D eigenvalue weighted by atomic mass is 35.5. The zero-order valence-corrected chi connectivity index (χ0v) is 11.7. The highest BCUT2D eigenvalue weighted by molar-refractivity contribution is 6.42. The Bertz CT molecular complexity index is 628. The molecule has 98 valence electrons. The maximum absolute atomic E-state index is 13.8. The van der Waals surface area contributed by atoms with Crippen molar-refractivity contribution >= 4 is 28.9 Å². The van der Waals surface area contributed by atoms with E-state index < -0.39 is 0 Å². The summed E-state index contributed by atoms with van der Waals surface area (Å²) in [7, 11) is 0. The lowest BCUT2D eigenvalue weighted by Gasteiger charge is -2.31. The van der Waals surface area contributed by atoms with E-state index in [0.717, 1.165) is 29.8 Å². The zero-order chi connectivity index (χ0) is 13.4. The molecule has 0 saturated heterocycles. The average molecular weight is 296 g/mol. The van der Waals surface area contributed by atoms with Crippen LogP contribution < -0.4 is 4.90 Å². The molecule has 2 aromatic carbocycles. The summed E-state index contributed by atoms with van der Waals surface area (Å²) in [6, 6.07) is 10.8. The molecule has 0 amide bonds. The first-order chi connectivity index (χ1) is 9.15. The molecule has 0 atom stereocenters. The zero-order valence-electron chi connectivity index (χ0n) is 10.2. The minimum absolute atomic E-state index is 0.137. The molecule has 0 N–H and O–H groups in total. The van der Waals surface area contributed by atoms with Gasteiger partial charge in [0.15, 0.2) is 0 Å². The number of benzene rings is 2. The van der Waals surface area contributed by atoms with Gasteiger partial charge in [-0.1, -0.05) is 35.3 Å². The van der Waals surface area contributed by atoms with Gasteiger partial charge < -0.3 is 4.90 Å². The van der Waals surface area contributed by atoms with E-state index in [1.165, 1.54) is 6.07 Å². The van der Waals surface area contributed by atoms with Crippen molar-refractivity contribution < 1.29 is 4.39 Å². The van der Waals surface area contributed by atoms with Crippen molar-refractivity contribution in [2.24, 2.45) is 0 Å². The molecule has 1 aliphatic heterocycles. The summed E-state index contributed by atoms with van der Waals surface area (Å²) >= 11 is 11.9. The number of hydrogen-bond acceptors (Lipinski definition) is 1. The Morgan fingerprint density at radius 2 is 1.89 bits per heavy atom. The number of anilines is 1. The van der Waals surface area contributed by atoms with Crippen molar-refractivity contribution in [3.05, 3.63) is 63.4 Å². The highest BCUT2D eigenvalue weighted by Gasteiger charge is 2.19. The van der Waals surface area contributed by atoms with Crippen LogP contribution in [0.15, 0.2) is 36.4 Å². The summed E-state index contributed by atoms with van der Waals surface area (Å²) < 4.78 is 13.8. The molecule has 0 saturated carbocycles. The SMILES string of the molecule is Fc1cccc2c1CN(c1ccc(Cl)c(Cl)c1)CC2. The summed E-state index contributed by atoms with van der Waals surface area (Å²) in [5.74, 6) is -0.137. The molecular formula is C15H12Cl2FN. The monoisotopic (exact) mass is 295 g/mol. The van der Waals surface area contributed by atoms with Gasteiger partial charge in [-0.3, -0.25) is 0 Å². The van der Waals surface area contributed by atoms with Crippen molar-refractivity contribution in [3.8, 4) is 0 Å². The van der Waals surface area contributed by atoms with Crippen LogP contribution in [0.5, 0.6) is 0 Å². The Morgan fingerprint density at radius 3 is 2.68 bits per heavy atom. The van der Waals surface area contributed by atoms with E-state index in [-0.39, 0.29) is 5.82 Å². The third-order valence-corrected chi connectivity index (χ3v) is 4.22. The van der Waals surface area contributed by atoms with Crippen molar-refractivity contribution in [2.45, 2.75) is 13.0 Å². The van der Waals surface area contributed by atoms with E-state index in [1.807, 2.05) is 18.2 Å². The molecule has 4 heteroatoms. The number of halogens is 3. The van der Waals surface area contributed by atoms with Gasteiger partial charge in [-0.2, -0.15) is 0 Å². The fraction of sp³-hybridized carbons (Fsp3) is 0.200. The minimum atomic E-state index is -0.137. The number of nitrogens with zero attached hydrogens (tertiary/aromatic N) is 1. The maximum atomic E-state index is 13.8. The van der Waals surface area contributed by atoms with E-state index in [9.17, 15) is 4.39 Å². The molecule has 0 spiro atoms. The first kappa shape index (κ1) is 12.8. The molecule has 1 heterocycles. The minimum Gasteiger partial charge on any atom is -0.367 e. The number of fused-ring (bicyclic) bond motifs is 1. The van der Waals surface area contributed by atoms with Gasteiger partial charge >= 0.3 is 0 Å². The summed E-state index contributed by atoms with van der Waals surface area (Å²) in [5.41, 5.74) is 2.85. The summed E-state index contributed by atoms with van der Waals surface area (Å²) in [5, 5.41) is 1.06. The van der Waals surface area contributed by atoms with Crippen molar-refractivity contribution in [1.29, 1.82) is 0 Å². The third kappa shape index (κ3) is 2.43. The second-order valence-corrected chi connectivity index (χ2v) is 5.46. The Hall–Kier alpha value is -1.25. The van der Waals surface area contributed by atoms with Crippen LogP contribution in [0.4, 0.5) is 10.1 Å². The van der Waals surface area contributed by atoms with E-state index >= 15 is 0 Å². The normalized spacial score (nSPS) is 14.4. The Morgan fingerprint density at radius 1 is 1.05 bits per heavy atom. The first-order valence-corrected chi connectivity index (χ1v) is 6.87. The van der Waals surface area contributed by atoms with Crippen molar-refractivity contribution in [1.82, 2.24) is 0 Å². The highest BCUT2D eigenvalue weighted by Crippen LogP contribution is 2.30. The number of hydrogen-bond donors (Lipinski definition) is 0. The fourth-order valence-electron chi connectivity index (χ4n) is 2.44. The summed E-state index contributed by atoms with van der Waals surface area (Å²) in [6.45, 7) is 1.42. The number of rotatable bonds is 1. The molecule has 2 aromatic rings. The predicted molar refractivity (Wildman–Crippen MR) is 77.6 cm³/mol. The van der Waals surface area contributed by atoms with E-state index in [2.05, 4.69) is 4.90 Å². The van der Waals surface area contributed by atoms with Crippen molar-refractivity contribution in [3.63, 3.8) is 0 Å². The Kier molecular flexibility index (Phi) is 3.38. The molecule has 0 aliphatic carbocycles. The van der Waals surface area contributed by atoms with Gasteiger partial charge in [-0.25, -0.2) is 4.39 Å². The Balaban J connectivity index is 1.93. The molecule has 0 bridgehead atoms. The van der Waals surface area contributed by atoms with Gasteiger partial charge in [0.05, 0.1) is 10.0 Å². The van der Waals surface area contributed by atoms with Crippen LogP contribution in [-0.4, -0.2) is 6.54 Å². The molecule has 0 radical (unpaired) electrons. The van der Waals surface area contributed by atoms with Crippen LogP contribution in [0, 0.1) is 5.82 Å². The molecule has 0 fully saturated rings. The van der Waals surface area contributed by atoms with Gasteiger partial charge in [-0.05, 0) is 36.2 Å². The van der Waals surface area contributed by atoms with Crippen LogP contribution in [0.1, 0.15) is 11.1 Å². The topological polar surface area (TPSA) is 3.24 Å². The molecule has 1 nitrogen and oxygen atoms in total. The standard InChI is InChI=1S/C15H12Cl2FN/c16-13-5-4-11(8-14(13)17)19-7-6-10-2-1-3-15(18)12(10)9-19/h1-5,8H,6-7,9H2. The molecule has 0 aromatic heterocycles. The molecule has 3 rings (SSSR count).